The molecular formula is C14H17FN4O3S. The lowest BCUT2D eigenvalue weighted by Crippen LogP contribution is -2.70. The maximum atomic E-state index is 14.5. The summed E-state index contributed by atoms with van der Waals surface area (Å²) in [6, 6.07) is 4.18. The average molecular weight is 340 g/mol. The second-order valence-electron chi connectivity index (χ2n) is 5.51. The lowest BCUT2D eigenvalue weighted by atomic mass is 9.83. The van der Waals surface area contributed by atoms with Crippen LogP contribution < -0.4 is 10.6 Å². The second-order valence-corrected chi connectivity index (χ2v) is 7.17. The molecule has 2 aliphatic heterocycles. The number of hydrogen-bond acceptors (Lipinski definition) is 4. The van der Waals surface area contributed by atoms with E-state index in [1.807, 2.05) is 0 Å². The molecule has 3 N–H and O–H groups in total. The summed E-state index contributed by atoms with van der Waals surface area (Å²) in [5, 5.41) is 13.0. The first kappa shape index (κ1) is 16.0. The zero-order valence-electron chi connectivity index (χ0n) is 12.5. The van der Waals surface area contributed by atoms with Gasteiger partial charge in [-0.25, -0.2) is 4.39 Å². The molecular weight excluding hydrogens is 323 g/mol. The van der Waals surface area contributed by atoms with Gasteiger partial charge in [0.15, 0.2) is 5.25 Å². The lowest BCUT2D eigenvalue weighted by Gasteiger charge is -2.49. The molecule has 2 fully saturated rings. The molecule has 0 aromatic heterocycles. The number of carbonyl (C=O) groups is 1. The number of amides is 1. The van der Waals surface area contributed by atoms with Crippen LogP contribution in [0.15, 0.2) is 18.2 Å². The minimum absolute atomic E-state index is 0.0572. The quantitative estimate of drug-likeness (QED) is 0.550. The van der Waals surface area contributed by atoms with Crippen LogP contribution in [0.25, 0.3) is 0 Å². The highest BCUT2D eigenvalue weighted by molar-refractivity contribution is 7.90. The van der Waals surface area contributed by atoms with Crippen molar-refractivity contribution in [2.75, 3.05) is 25.6 Å². The Labute approximate surface area is 136 Å². The molecule has 0 saturated carbocycles. The topological polar surface area (TPSA) is 101 Å². The normalized spacial score (nSPS) is 30.4. The maximum absolute atomic E-state index is 14.5. The number of anilines is 1. The third-order valence-corrected chi connectivity index (χ3v) is 6.09. The molecule has 0 spiro atoms. The first-order chi connectivity index (χ1) is 11.0. The summed E-state index contributed by atoms with van der Waals surface area (Å²) < 4.78 is 34.0. The SMILES string of the molecule is CN1C(=N)NC2(c3cc(NC=O)ccc3F)COCCC2[S+]1[O-]. The Morgan fingerprint density at radius 3 is 3.17 bits per heavy atom. The Morgan fingerprint density at radius 1 is 1.65 bits per heavy atom. The summed E-state index contributed by atoms with van der Waals surface area (Å²) in [7, 11) is 1.56. The Balaban J connectivity index is 2.11. The van der Waals surface area contributed by atoms with Crippen molar-refractivity contribution in [1.82, 2.24) is 9.62 Å². The molecule has 1 aromatic carbocycles. The highest BCUT2D eigenvalue weighted by Crippen LogP contribution is 2.40. The number of rotatable bonds is 3. The molecule has 1 aromatic rings. The Bertz CT molecular complexity index is 646. The number of benzene rings is 1. The van der Waals surface area contributed by atoms with E-state index in [1.165, 1.54) is 22.5 Å². The van der Waals surface area contributed by atoms with Gasteiger partial charge in [-0.05, 0) is 18.2 Å². The molecule has 0 aliphatic carbocycles. The lowest BCUT2D eigenvalue weighted by molar-refractivity contribution is -0.105. The number of halogens is 1. The smallest absolute Gasteiger partial charge is 0.234 e. The molecule has 2 aliphatic rings. The molecule has 124 valence electrons. The van der Waals surface area contributed by atoms with E-state index in [1.54, 1.807) is 7.05 Å². The zero-order chi connectivity index (χ0) is 16.6. The summed E-state index contributed by atoms with van der Waals surface area (Å²) in [6.45, 7) is 0.524. The van der Waals surface area contributed by atoms with Gasteiger partial charge >= 0.3 is 0 Å². The maximum Gasteiger partial charge on any atom is 0.234 e. The van der Waals surface area contributed by atoms with E-state index in [2.05, 4.69) is 10.6 Å². The number of nitrogens with zero attached hydrogens (tertiary/aromatic N) is 1. The Morgan fingerprint density at radius 2 is 2.43 bits per heavy atom. The van der Waals surface area contributed by atoms with Crippen molar-refractivity contribution in [3.8, 4) is 0 Å². The van der Waals surface area contributed by atoms with Crippen LogP contribution in [0.5, 0.6) is 0 Å². The number of fused-ring (bicyclic) bond motifs is 1. The summed E-state index contributed by atoms with van der Waals surface area (Å²) >= 11 is -1.48. The summed E-state index contributed by atoms with van der Waals surface area (Å²) in [5.74, 6) is -0.558. The van der Waals surface area contributed by atoms with Crippen LogP contribution in [-0.4, -0.2) is 46.7 Å². The standard InChI is InChI=1S/C14H17FN4O3S/c1-19-13(16)18-14(7-22-5-4-12(14)23(19)21)10-6-9(17-8-20)2-3-11(10)15/h2-3,6,8,12H,4-5,7H2,1H3,(H2,16,18)(H,17,20). The number of hydrogen-bond donors (Lipinski definition) is 3. The Hall–Kier alpha value is -1.84. The van der Waals surface area contributed by atoms with Crippen molar-refractivity contribution < 1.29 is 18.5 Å². The molecule has 3 atom stereocenters. The van der Waals surface area contributed by atoms with Crippen molar-refractivity contribution >= 4 is 29.4 Å². The third kappa shape index (κ3) is 2.54. The molecule has 3 unspecified atom stereocenters. The van der Waals surface area contributed by atoms with Crippen molar-refractivity contribution in [2.45, 2.75) is 17.2 Å². The van der Waals surface area contributed by atoms with Gasteiger partial charge in [0.05, 0.1) is 31.6 Å². The van der Waals surface area contributed by atoms with Crippen LogP contribution in [0.3, 0.4) is 0 Å². The van der Waals surface area contributed by atoms with Gasteiger partial charge in [0.2, 0.25) is 12.4 Å². The van der Waals surface area contributed by atoms with Crippen LogP contribution >= 0.6 is 0 Å². The van der Waals surface area contributed by atoms with Gasteiger partial charge in [-0.15, -0.1) is 0 Å². The minimum Gasteiger partial charge on any atom is -0.593 e. The van der Waals surface area contributed by atoms with Crippen LogP contribution in [0.4, 0.5) is 10.1 Å². The molecule has 0 bridgehead atoms. The average Bonchev–Trinajstić information content (AvgIpc) is 2.55. The monoisotopic (exact) mass is 340 g/mol. The fourth-order valence-corrected chi connectivity index (χ4v) is 4.57. The molecule has 9 heteroatoms. The fraction of sp³-hybridized carbons (Fsp3) is 0.429. The minimum atomic E-state index is -1.48. The number of ether oxygens (including phenoxy) is 1. The van der Waals surface area contributed by atoms with E-state index in [0.717, 1.165) is 0 Å². The third-order valence-electron chi connectivity index (χ3n) is 4.25. The van der Waals surface area contributed by atoms with Crippen molar-refractivity contribution in [3.05, 3.63) is 29.6 Å². The van der Waals surface area contributed by atoms with Gasteiger partial charge in [0.25, 0.3) is 0 Å². The summed E-state index contributed by atoms with van der Waals surface area (Å²) in [6.07, 6.45) is 0.980. The van der Waals surface area contributed by atoms with Crippen LogP contribution in [0.2, 0.25) is 0 Å². The first-order valence-corrected chi connectivity index (χ1v) is 8.25. The summed E-state index contributed by atoms with van der Waals surface area (Å²) in [5.41, 5.74) is -0.439. The zero-order valence-corrected chi connectivity index (χ0v) is 13.3. The van der Waals surface area contributed by atoms with Crippen molar-refractivity contribution in [2.24, 2.45) is 0 Å². The van der Waals surface area contributed by atoms with Gasteiger partial charge in [-0.3, -0.25) is 10.2 Å². The van der Waals surface area contributed by atoms with E-state index < -0.39 is 28.0 Å². The molecule has 2 saturated heterocycles. The molecule has 0 radical (unpaired) electrons. The predicted molar refractivity (Wildman–Crippen MR) is 83.8 cm³/mol. The summed E-state index contributed by atoms with van der Waals surface area (Å²) in [4.78, 5) is 10.6. The molecule has 3 rings (SSSR count). The van der Waals surface area contributed by atoms with Crippen LogP contribution in [0, 0.1) is 11.2 Å². The van der Waals surface area contributed by atoms with Gasteiger partial charge < -0.3 is 19.9 Å². The second kappa shape index (κ2) is 5.99. The van der Waals surface area contributed by atoms with E-state index in [-0.39, 0.29) is 18.1 Å². The van der Waals surface area contributed by atoms with Crippen molar-refractivity contribution in [1.29, 1.82) is 5.41 Å². The van der Waals surface area contributed by atoms with E-state index in [4.69, 9.17) is 10.1 Å². The van der Waals surface area contributed by atoms with Crippen molar-refractivity contribution in [3.63, 3.8) is 0 Å². The van der Waals surface area contributed by atoms with Gasteiger partial charge in [0, 0.05) is 17.7 Å². The number of carbonyl (C=O) groups excluding carboxylic acids is 1. The molecule has 2 heterocycles. The largest absolute Gasteiger partial charge is 0.593 e. The van der Waals surface area contributed by atoms with E-state index >= 15 is 0 Å². The van der Waals surface area contributed by atoms with Crippen LogP contribution in [-0.2, 0) is 26.4 Å². The van der Waals surface area contributed by atoms with Crippen LogP contribution in [0.1, 0.15) is 12.0 Å². The van der Waals surface area contributed by atoms with Gasteiger partial charge in [0.1, 0.15) is 11.4 Å². The molecule has 7 nitrogen and oxygen atoms in total. The number of guanidine groups is 1. The predicted octanol–water partition coefficient (Wildman–Crippen LogP) is 0.512. The number of nitrogens with one attached hydrogen (secondary N) is 3. The fourth-order valence-electron chi connectivity index (χ4n) is 3.07. The molecule has 23 heavy (non-hydrogen) atoms. The highest BCUT2D eigenvalue weighted by Gasteiger charge is 2.57. The first-order valence-electron chi connectivity index (χ1n) is 7.08. The van der Waals surface area contributed by atoms with E-state index in [0.29, 0.717) is 25.1 Å². The highest BCUT2D eigenvalue weighted by atomic mass is 32.2. The van der Waals surface area contributed by atoms with Gasteiger partial charge in [-0.2, -0.15) is 4.31 Å². The molecule has 1 amide bonds. The Kier molecular flexibility index (Phi) is 4.17. The van der Waals surface area contributed by atoms with Gasteiger partial charge in [-0.1, -0.05) is 0 Å². The van der Waals surface area contributed by atoms with E-state index in [9.17, 15) is 13.7 Å².